The zero-order valence-corrected chi connectivity index (χ0v) is 13.8. The maximum absolute atomic E-state index is 4.07. The summed E-state index contributed by atoms with van der Waals surface area (Å²) in [6, 6.07) is 11.1. The molecule has 0 fully saturated rings. The monoisotopic (exact) mass is 336 g/mol. The molecule has 2 aromatic rings. The maximum atomic E-state index is 4.07. The summed E-state index contributed by atoms with van der Waals surface area (Å²) in [4.78, 5) is 0. The third kappa shape index (κ3) is 3.90. The fourth-order valence-electron chi connectivity index (χ4n) is 2.21. The van der Waals surface area contributed by atoms with Gasteiger partial charge in [-0.05, 0) is 21.5 Å². The lowest BCUT2D eigenvalue weighted by Crippen LogP contribution is -2.29. The summed E-state index contributed by atoms with van der Waals surface area (Å²) in [5, 5.41) is 11.7. The SMILES string of the molecule is CC(C)NCC(Cc1c(Br)nnn1C)c1ccccc1. The van der Waals surface area contributed by atoms with Crippen molar-refractivity contribution in [3.63, 3.8) is 0 Å². The average Bonchev–Trinajstić information content (AvgIpc) is 2.75. The van der Waals surface area contributed by atoms with Gasteiger partial charge in [-0.3, -0.25) is 4.68 Å². The fraction of sp³-hybridized carbons (Fsp3) is 0.467. The highest BCUT2D eigenvalue weighted by molar-refractivity contribution is 9.10. The number of halogens is 1. The van der Waals surface area contributed by atoms with Gasteiger partial charge in [-0.2, -0.15) is 0 Å². The van der Waals surface area contributed by atoms with E-state index in [0.29, 0.717) is 12.0 Å². The summed E-state index contributed by atoms with van der Waals surface area (Å²) in [6.07, 6.45) is 0.911. The van der Waals surface area contributed by atoms with Crippen molar-refractivity contribution in [3.8, 4) is 0 Å². The van der Waals surface area contributed by atoms with Crippen molar-refractivity contribution in [3.05, 3.63) is 46.2 Å². The van der Waals surface area contributed by atoms with E-state index in [1.807, 2.05) is 11.7 Å². The van der Waals surface area contributed by atoms with E-state index in [4.69, 9.17) is 0 Å². The first-order valence-electron chi connectivity index (χ1n) is 6.90. The Morgan fingerprint density at radius 3 is 2.50 bits per heavy atom. The Bertz CT molecular complexity index is 517. The molecule has 0 saturated heterocycles. The van der Waals surface area contributed by atoms with Crippen molar-refractivity contribution in [2.45, 2.75) is 32.2 Å². The van der Waals surface area contributed by atoms with Gasteiger partial charge in [0.05, 0.1) is 5.69 Å². The molecule has 2 rings (SSSR count). The zero-order chi connectivity index (χ0) is 14.5. The van der Waals surface area contributed by atoms with Gasteiger partial charge in [0.1, 0.15) is 0 Å². The van der Waals surface area contributed by atoms with E-state index in [1.165, 1.54) is 5.56 Å². The third-order valence-corrected chi connectivity index (χ3v) is 3.99. The van der Waals surface area contributed by atoms with Gasteiger partial charge in [-0.1, -0.05) is 49.4 Å². The summed E-state index contributed by atoms with van der Waals surface area (Å²) >= 11 is 3.48. The molecule has 0 bridgehead atoms. The van der Waals surface area contributed by atoms with Crippen LogP contribution in [0.25, 0.3) is 0 Å². The van der Waals surface area contributed by atoms with E-state index in [9.17, 15) is 0 Å². The topological polar surface area (TPSA) is 42.7 Å². The second-order valence-electron chi connectivity index (χ2n) is 5.33. The Morgan fingerprint density at radius 2 is 1.95 bits per heavy atom. The predicted molar refractivity (Wildman–Crippen MR) is 84.7 cm³/mol. The van der Waals surface area contributed by atoms with E-state index in [1.54, 1.807) is 0 Å². The molecule has 0 amide bonds. The summed E-state index contributed by atoms with van der Waals surface area (Å²) in [7, 11) is 1.94. The van der Waals surface area contributed by atoms with Crippen LogP contribution >= 0.6 is 15.9 Å². The van der Waals surface area contributed by atoms with Crippen molar-refractivity contribution >= 4 is 15.9 Å². The minimum Gasteiger partial charge on any atom is -0.314 e. The maximum Gasteiger partial charge on any atom is 0.151 e. The molecule has 0 saturated carbocycles. The average molecular weight is 337 g/mol. The molecule has 1 unspecified atom stereocenters. The van der Waals surface area contributed by atoms with E-state index >= 15 is 0 Å². The highest BCUT2D eigenvalue weighted by atomic mass is 79.9. The van der Waals surface area contributed by atoms with Crippen LogP contribution < -0.4 is 5.32 Å². The highest BCUT2D eigenvalue weighted by Gasteiger charge is 2.17. The van der Waals surface area contributed by atoms with Crippen LogP contribution in [-0.4, -0.2) is 27.6 Å². The molecular weight excluding hydrogens is 316 g/mol. The number of benzene rings is 1. The zero-order valence-electron chi connectivity index (χ0n) is 12.2. The number of aryl methyl sites for hydroxylation is 1. The Labute approximate surface area is 128 Å². The molecule has 5 heteroatoms. The van der Waals surface area contributed by atoms with Crippen molar-refractivity contribution in [2.24, 2.45) is 7.05 Å². The molecule has 0 aliphatic rings. The number of aromatic nitrogens is 3. The number of nitrogens with one attached hydrogen (secondary N) is 1. The largest absolute Gasteiger partial charge is 0.314 e. The molecule has 1 aromatic heterocycles. The van der Waals surface area contributed by atoms with E-state index in [0.717, 1.165) is 23.3 Å². The number of nitrogens with zero attached hydrogens (tertiary/aromatic N) is 3. The second kappa shape index (κ2) is 6.99. The first-order chi connectivity index (χ1) is 9.58. The van der Waals surface area contributed by atoms with Gasteiger partial charge in [-0.25, -0.2) is 0 Å². The van der Waals surface area contributed by atoms with Crippen molar-refractivity contribution in [1.29, 1.82) is 0 Å². The minimum absolute atomic E-state index is 0.409. The van der Waals surface area contributed by atoms with E-state index in [2.05, 4.69) is 75.7 Å². The van der Waals surface area contributed by atoms with Gasteiger partial charge >= 0.3 is 0 Å². The van der Waals surface area contributed by atoms with Gasteiger partial charge in [0, 0.05) is 32.0 Å². The molecule has 20 heavy (non-hydrogen) atoms. The Kier molecular flexibility index (Phi) is 5.31. The molecular formula is C15H21BrN4. The third-order valence-electron chi connectivity index (χ3n) is 3.38. The summed E-state index contributed by atoms with van der Waals surface area (Å²) < 4.78 is 2.68. The van der Waals surface area contributed by atoms with Crippen LogP contribution in [0.2, 0.25) is 0 Å². The molecule has 4 nitrogen and oxygen atoms in total. The van der Waals surface area contributed by atoms with Crippen LogP contribution in [0.4, 0.5) is 0 Å². The van der Waals surface area contributed by atoms with Gasteiger partial charge in [0.25, 0.3) is 0 Å². The van der Waals surface area contributed by atoms with Gasteiger partial charge in [-0.15, -0.1) is 5.10 Å². The van der Waals surface area contributed by atoms with Crippen LogP contribution in [-0.2, 0) is 13.5 Å². The fourth-order valence-corrected chi connectivity index (χ4v) is 2.70. The van der Waals surface area contributed by atoms with Crippen LogP contribution in [0, 0.1) is 0 Å². The number of hydrogen-bond acceptors (Lipinski definition) is 3. The van der Waals surface area contributed by atoms with E-state index < -0.39 is 0 Å². The second-order valence-corrected chi connectivity index (χ2v) is 6.08. The first-order valence-corrected chi connectivity index (χ1v) is 7.69. The molecule has 1 aromatic carbocycles. The Balaban J connectivity index is 2.19. The smallest absolute Gasteiger partial charge is 0.151 e. The lowest BCUT2D eigenvalue weighted by atomic mass is 9.94. The molecule has 0 spiro atoms. The van der Waals surface area contributed by atoms with E-state index in [-0.39, 0.29) is 0 Å². The molecule has 1 heterocycles. The van der Waals surface area contributed by atoms with Gasteiger partial charge < -0.3 is 5.32 Å². The summed E-state index contributed by atoms with van der Waals surface area (Å²) in [5.74, 6) is 0.409. The quantitative estimate of drug-likeness (QED) is 0.881. The van der Waals surface area contributed by atoms with Crippen LogP contribution in [0.5, 0.6) is 0 Å². The Morgan fingerprint density at radius 1 is 1.25 bits per heavy atom. The predicted octanol–water partition coefficient (Wildman–Crippen LogP) is 2.90. The summed E-state index contributed by atoms with van der Waals surface area (Å²) in [5.41, 5.74) is 2.47. The number of hydrogen-bond donors (Lipinski definition) is 1. The normalized spacial score (nSPS) is 12.8. The molecule has 0 aliphatic carbocycles. The lowest BCUT2D eigenvalue weighted by Gasteiger charge is -2.20. The first kappa shape index (κ1) is 15.2. The molecule has 1 atom stereocenters. The lowest BCUT2D eigenvalue weighted by molar-refractivity contribution is 0.515. The molecule has 0 aliphatic heterocycles. The van der Waals surface area contributed by atoms with Crippen molar-refractivity contribution in [2.75, 3.05) is 6.54 Å². The van der Waals surface area contributed by atoms with Crippen LogP contribution in [0.3, 0.4) is 0 Å². The highest BCUT2D eigenvalue weighted by Crippen LogP contribution is 2.23. The van der Waals surface area contributed by atoms with Gasteiger partial charge in [0.15, 0.2) is 4.60 Å². The molecule has 108 valence electrons. The molecule has 1 N–H and O–H groups in total. The van der Waals surface area contributed by atoms with Crippen molar-refractivity contribution < 1.29 is 0 Å². The van der Waals surface area contributed by atoms with Crippen LogP contribution in [0.1, 0.15) is 31.0 Å². The van der Waals surface area contributed by atoms with Crippen molar-refractivity contribution in [1.82, 2.24) is 20.3 Å². The molecule has 0 radical (unpaired) electrons. The summed E-state index contributed by atoms with van der Waals surface area (Å²) in [6.45, 7) is 5.28. The Hall–Kier alpha value is -1.20. The number of rotatable bonds is 6. The van der Waals surface area contributed by atoms with Crippen LogP contribution in [0.15, 0.2) is 34.9 Å². The van der Waals surface area contributed by atoms with Gasteiger partial charge in [0.2, 0.25) is 0 Å². The standard InChI is InChI=1S/C15H21BrN4/c1-11(2)17-10-13(12-7-5-4-6-8-12)9-14-15(16)18-19-20(14)3/h4-8,11,13,17H,9-10H2,1-3H3. The minimum atomic E-state index is 0.409.